The van der Waals surface area contributed by atoms with Crippen molar-refractivity contribution in [3.63, 3.8) is 0 Å². The van der Waals surface area contributed by atoms with Gasteiger partial charge in [0, 0.05) is 18.7 Å². The average molecular weight is 356 g/mol. The number of nitrogens with zero attached hydrogens (tertiary/aromatic N) is 1. The van der Waals surface area contributed by atoms with Gasteiger partial charge in [-0.15, -0.1) is 0 Å². The van der Waals surface area contributed by atoms with Gasteiger partial charge >= 0.3 is 0 Å². The first-order chi connectivity index (χ1) is 11.5. The summed E-state index contributed by atoms with van der Waals surface area (Å²) < 4.78 is 40.4. The topological polar surface area (TPSA) is 32.3 Å². The number of hydrogen-bond donors (Lipinski definition) is 1. The van der Waals surface area contributed by atoms with Gasteiger partial charge < -0.3 is 5.32 Å². The Morgan fingerprint density at radius 1 is 1.21 bits per heavy atom. The highest BCUT2D eigenvalue weighted by atomic mass is 32.1. The standard InChI is InChI=1S/C17H19F3N2OS/c1-3-22(4-2)15(11-5-6-24-10-11)9-21-17(23)16-13(19)7-12(18)8-14(16)20/h5-8,10,15H,3-4,9H2,1-2H3,(H,21,23)/t15-/m1/s1. The number of carbonyl (C=O) groups excluding carboxylic acids is 1. The summed E-state index contributed by atoms with van der Waals surface area (Å²) in [5.74, 6) is -4.36. The third kappa shape index (κ3) is 4.15. The number of amides is 1. The van der Waals surface area contributed by atoms with Crippen LogP contribution in [0.5, 0.6) is 0 Å². The van der Waals surface area contributed by atoms with Crippen LogP contribution in [-0.4, -0.2) is 30.4 Å². The van der Waals surface area contributed by atoms with Gasteiger partial charge in [0.1, 0.15) is 23.0 Å². The number of rotatable bonds is 7. The molecule has 2 rings (SSSR count). The highest BCUT2D eigenvalue weighted by Gasteiger charge is 2.23. The van der Waals surface area contributed by atoms with Gasteiger partial charge in [-0.3, -0.25) is 9.69 Å². The lowest BCUT2D eigenvalue weighted by Gasteiger charge is -2.29. The molecule has 3 nitrogen and oxygen atoms in total. The summed E-state index contributed by atoms with van der Waals surface area (Å²) >= 11 is 1.54. The Morgan fingerprint density at radius 3 is 2.33 bits per heavy atom. The average Bonchev–Trinajstić information content (AvgIpc) is 3.04. The van der Waals surface area contributed by atoms with Crippen LogP contribution in [0.1, 0.15) is 35.8 Å². The summed E-state index contributed by atoms with van der Waals surface area (Å²) in [5.41, 5.74) is 0.268. The molecule has 130 valence electrons. The minimum absolute atomic E-state index is 0.0956. The van der Waals surface area contributed by atoms with Gasteiger partial charge in [-0.05, 0) is 35.5 Å². The van der Waals surface area contributed by atoms with Crippen LogP contribution in [0.2, 0.25) is 0 Å². The van der Waals surface area contributed by atoms with Crippen LogP contribution in [0.25, 0.3) is 0 Å². The molecule has 1 aromatic carbocycles. The van der Waals surface area contributed by atoms with E-state index in [4.69, 9.17) is 0 Å². The van der Waals surface area contributed by atoms with Crippen molar-refractivity contribution in [3.05, 3.63) is 57.5 Å². The van der Waals surface area contributed by atoms with Gasteiger partial charge in [0.15, 0.2) is 0 Å². The highest BCUT2D eigenvalue weighted by molar-refractivity contribution is 7.07. The van der Waals surface area contributed by atoms with E-state index in [0.717, 1.165) is 18.7 Å². The van der Waals surface area contributed by atoms with Crippen molar-refractivity contribution in [1.82, 2.24) is 10.2 Å². The Bertz CT molecular complexity index is 664. The number of hydrogen-bond acceptors (Lipinski definition) is 3. The van der Waals surface area contributed by atoms with Crippen molar-refractivity contribution in [1.29, 1.82) is 0 Å². The SMILES string of the molecule is CCN(CC)[C@H](CNC(=O)c1c(F)cc(F)cc1F)c1ccsc1. The summed E-state index contributed by atoms with van der Waals surface area (Å²) in [6.07, 6.45) is 0. The Labute approximate surface area is 143 Å². The van der Waals surface area contributed by atoms with Crippen molar-refractivity contribution in [2.45, 2.75) is 19.9 Å². The smallest absolute Gasteiger partial charge is 0.257 e. The van der Waals surface area contributed by atoms with E-state index in [2.05, 4.69) is 10.2 Å². The fraction of sp³-hybridized carbons (Fsp3) is 0.353. The summed E-state index contributed by atoms with van der Waals surface area (Å²) in [4.78, 5) is 14.3. The zero-order valence-electron chi connectivity index (χ0n) is 13.5. The van der Waals surface area contributed by atoms with Crippen LogP contribution in [-0.2, 0) is 0 Å². The van der Waals surface area contributed by atoms with E-state index in [-0.39, 0.29) is 12.6 Å². The molecule has 1 N–H and O–H groups in total. The van der Waals surface area contributed by atoms with Crippen LogP contribution in [0, 0.1) is 17.5 Å². The second-order valence-corrected chi connectivity index (χ2v) is 6.03. The van der Waals surface area contributed by atoms with Crippen molar-refractivity contribution in [2.24, 2.45) is 0 Å². The molecule has 7 heteroatoms. The maximum absolute atomic E-state index is 13.7. The molecule has 2 aromatic rings. The third-order valence-electron chi connectivity index (χ3n) is 3.87. The second-order valence-electron chi connectivity index (χ2n) is 5.25. The highest BCUT2D eigenvalue weighted by Crippen LogP contribution is 2.22. The third-order valence-corrected chi connectivity index (χ3v) is 4.57. The Hall–Kier alpha value is -1.86. The van der Waals surface area contributed by atoms with E-state index in [1.54, 1.807) is 11.3 Å². The van der Waals surface area contributed by atoms with E-state index in [0.29, 0.717) is 12.1 Å². The van der Waals surface area contributed by atoms with E-state index >= 15 is 0 Å². The number of thiophene rings is 1. The summed E-state index contributed by atoms with van der Waals surface area (Å²) in [5, 5.41) is 6.48. The molecular formula is C17H19F3N2OS. The molecule has 0 saturated carbocycles. The minimum Gasteiger partial charge on any atom is -0.350 e. The predicted molar refractivity (Wildman–Crippen MR) is 88.6 cm³/mol. The minimum atomic E-state index is -1.21. The first kappa shape index (κ1) is 18.5. The van der Waals surface area contributed by atoms with Crippen molar-refractivity contribution >= 4 is 17.2 Å². The Kier molecular flexibility index (Phi) is 6.39. The molecule has 0 aliphatic carbocycles. The van der Waals surface area contributed by atoms with Gasteiger partial charge in [0.25, 0.3) is 5.91 Å². The molecule has 0 radical (unpaired) electrons. The van der Waals surface area contributed by atoms with Crippen LogP contribution in [0.3, 0.4) is 0 Å². The quantitative estimate of drug-likeness (QED) is 0.814. The molecule has 0 aliphatic heterocycles. The number of likely N-dealkylation sites (N-methyl/N-ethyl adjacent to an activating group) is 1. The maximum atomic E-state index is 13.7. The molecule has 0 spiro atoms. The normalized spacial score (nSPS) is 12.4. The van der Waals surface area contributed by atoms with Gasteiger partial charge in [-0.2, -0.15) is 11.3 Å². The molecule has 0 aliphatic rings. The van der Waals surface area contributed by atoms with Crippen LogP contribution >= 0.6 is 11.3 Å². The number of nitrogens with one attached hydrogen (secondary N) is 1. The first-order valence-electron chi connectivity index (χ1n) is 7.66. The van der Waals surface area contributed by atoms with Crippen LogP contribution in [0.15, 0.2) is 29.0 Å². The van der Waals surface area contributed by atoms with Crippen LogP contribution < -0.4 is 5.32 Å². The zero-order chi connectivity index (χ0) is 17.7. The van der Waals surface area contributed by atoms with E-state index in [1.807, 2.05) is 30.7 Å². The lowest BCUT2D eigenvalue weighted by Crippen LogP contribution is -2.38. The van der Waals surface area contributed by atoms with E-state index in [9.17, 15) is 18.0 Å². The fourth-order valence-electron chi connectivity index (χ4n) is 2.62. The largest absolute Gasteiger partial charge is 0.350 e. The fourth-order valence-corrected chi connectivity index (χ4v) is 3.33. The van der Waals surface area contributed by atoms with E-state index in [1.165, 1.54) is 0 Å². The van der Waals surface area contributed by atoms with Crippen molar-refractivity contribution in [2.75, 3.05) is 19.6 Å². The lowest BCUT2D eigenvalue weighted by atomic mass is 10.1. The molecule has 1 heterocycles. The van der Waals surface area contributed by atoms with Crippen molar-refractivity contribution in [3.8, 4) is 0 Å². The molecule has 1 amide bonds. The molecule has 0 bridgehead atoms. The Morgan fingerprint density at radius 2 is 1.83 bits per heavy atom. The zero-order valence-corrected chi connectivity index (χ0v) is 14.3. The summed E-state index contributed by atoms with van der Waals surface area (Å²) in [7, 11) is 0. The van der Waals surface area contributed by atoms with Gasteiger partial charge in [0.05, 0.1) is 6.04 Å². The molecule has 0 unspecified atom stereocenters. The van der Waals surface area contributed by atoms with Gasteiger partial charge in [-0.1, -0.05) is 13.8 Å². The number of benzene rings is 1. The predicted octanol–water partition coefficient (Wildman–Crippen LogP) is 3.98. The number of carbonyl (C=O) groups is 1. The maximum Gasteiger partial charge on any atom is 0.257 e. The molecular weight excluding hydrogens is 337 g/mol. The first-order valence-corrected chi connectivity index (χ1v) is 8.61. The molecule has 0 fully saturated rings. The van der Waals surface area contributed by atoms with Gasteiger partial charge in [-0.25, -0.2) is 13.2 Å². The molecule has 1 atom stereocenters. The van der Waals surface area contributed by atoms with Crippen LogP contribution in [0.4, 0.5) is 13.2 Å². The molecule has 24 heavy (non-hydrogen) atoms. The summed E-state index contributed by atoms with van der Waals surface area (Å²) in [6.45, 7) is 5.75. The summed E-state index contributed by atoms with van der Waals surface area (Å²) in [6, 6.07) is 2.86. The molecule has 1 aromatic heterocycles. The lowest BCUT2D eigenvalue weighted by molar-refractivity contribution is 0.0926. The van der Waals surface area contributed by atoms with E-state index < -0.39 is 28.9 Å². The van der Waals surface area contributed by atoms with Gasteiger partial charge in [0.2, 0.25) is 0 Å². The molecule has 0 saturated heterocycles. The van der Waals surface area contributed by atoms with Crippen molar-refractivity contribution < 1.29 is 18.0 Å². The second kappa shape index (κ2) is 8.30. The monoisotopic (exact) mass is 356 g/mol. The Balaban J connectivity index is 2.16. The number of halogens is 3.